The number of thioether (sulfide) groups is 1. The highest BCUT2D eigenvalue weighted by molar-refractivity contribution is 8.13. The fourth-order valence-electron chi connectivity index (χ4n) is 2.04. The van der Waals surface area contributed by atoms with E-state index in [9.17, 15) is 0 Å². The molecule has 3 heteroatoms. The molecule has 22 heavy (non-hydrogen) atoms. The van der Waals surface area contributed by atoms with Crippen LogP contribution in [0.3, 0.4) is 0 Å². The zero-order valence-corrected chi connectivity index (χ0v) is 13.6. The van der Waals surface area contributed by atoms with Crippen molar-refractivity contribution in [3.63, 3.8) is 0 Å². The highest BCUT2D eigenvalue weighted by atomic mass is 32.2. The van der Waals surface area contributed by atoms with Gasteiger partial charge in [-0.1, -0.05) is 73.5 Å². The first-order valence-electron chi connectivity index (χ1n) is 7.05. The molecule has 2 rings (SSSR count). The van der Waals surface area contributed by atoms with Gasteiger partial charge < -0.3 is 5.32 Å². The monoisotopic (exact) mass is 308 g/mol. The van der Waals surface area contributed by atoms with Crippen molar-refractivity contribution in [3.8, 4) is 0 Å². The first-order valence-corrected chi connectivity index (χ1v) is 8.27. The predicted molar refractivity (Wildman–Crippen MR) is 101 cm³/mol. The summed E-state index contributed by atoms with van der Waals surface area (Å²) in [6.45, 7) is 8.33. The average molecular weight is 308 g/mol. The molecule has 112 valence electrons. The van der Waals surface area contributed by atoms with Crippen LogP contribution in [-0.2, 0) is 6.54 Å². The van der Waals surface area contributed by atoms with Crippen LogP contribution in [0.1, 0.15) is 16.7 Å². The smallest absolute Gasteiger partial charge is 0.161 e. The number of rotatable bonds is 5. The van der Waals surface area contributed by atoms with E-state index in [0.29, 0.717) is 6.54 Å². The summed E-state index contributed by atoms with van der Waals surface area (Å²) in [5.74, 6) is 0. The molecule has 0 saturated carbocycles. The minimum absolute atomic E-state index is 0.670. The van der Waals surface area contributed by atoms with Gasteiger partial charge in [-0.15, -0.1) is 0 Å². The average Bonchev–Trinajstić information content (AvgIpc) is 2.59. The lowest BCUT2D eigenvalue weighted by atomic mass is 10.1. The van der Waals surface area contributed by atoms with Crippen LogP contribution in [0, 0.1) is 0 Å². The number of nitrogens with one attached hydrogen (secondary N) is 1. The second kappa shape index (κ2) is 8.25. The number of amidine groups is 1. The third-order valence-corrected chi connectivity index (χ3v) is 3.84. The second-order valence-corrected chi connectivity index (χ2v) is 5.48. The van der Waals surface area contributed by atoms with Gasteiger partial charge in [-0.3, -0.25) is 4.99 Å². The van der Waals surface area contributed by atoms with E-state index in [1.807, 2.05) is 48.7 Å². The topological polar surface area (TPSA) is 24.4 Å². The third kappa shape index (κ3) is 4.37. The lowest BCUT2D eigenvalue weighted by Crippen LogP contribution is -2.08. The minimum Gasteiger partial charge on any atom is -0.335 e. The molecule has 2 nitrogen and oxygen atoms in total. The van der Waals surface area contributed by atoms with Crippen LogP contribution >= 0.6 is 11.8 Å². The summed E-state index contributed by atoms with van der Waals surface area (Å²) in [4.78, 5) is 4.63. The number of hydrogen-bond donors (Lipinski definition) is 1. The molecule has 0 aromatic heterocycles. The fourth-order valence-corrected chi connectivity index (χ4v) is 2.45. The van der Waals surface area contributed by atoms with Crippen LogP contribution in [0.2, 0.25) is 0 Å². The van der Waals surface area contributed by atoms with E-state index in [1.54, 1.807) is 11.8 Å². The van der Waals surface area contributed by atoms with Gasteiger partial charge in [-0.25, -0.2) is 0 Å². The molecule has 0 saturated heterocycles. The van der Waals surface area contributed by atoms with Crippen molar-refractivity contribution in [1.82, 2.24) is 0 Å². The van der Waals surface area contributed by atoms with Crippen LogP contribution in [-0.4, -0.2) is 11.4 Å². The Labute approximate surface area is 136 Å². The van der Waals surface area contributed by atoms with Crippen molar-refractivity contribution < 1.29 is 0 Å². The van der Waals surface area contributed by atoms with Crippen molar-refractivity contribution in [3.05, 3.63) is 78.4 Å². The minimum atomic E-state index is 0.670. The molecule has 0 heterocycles. The number of hydrogen-bond acceptors (Lipinski definition) is 2. The molecular formula is C19H20N2S. The Hall–Kier alpha value is -2.26. The maximum absolute atomic E-state index is 4.63. The Bertz CT molecular complexity index is 675. The van der Waals surface area contributed by atoms with Crippen molar-refractivity contribution in [2.45, 2.75) is 6.54 Å². The number of anilines is 1. The van der Waals surface area contributed by atoms with Gasteiger partial charge in [0.1, 0.15) is 0 Å². The first-order chi connectivity index (χ1) is 10.8. The van der Waals surface area contributed by atoms with Crippen LogP contribution < -0.4 is 5.32 Å². The second-order valence-electron chi connectivity index (χ2n) is 4.69. The van der Waals surface area contributed by atoms with Gasteiger partial charge in [-0.2, -0.15) is 0 Å². The Morgan fingerprint density at radius 3 is 2.45 bits per heavy atom. The van der Waals surface area contributed by atoms with Crippen LogP contribution in [0.4, 0.5) is 5.69 Å². The summed E-state index contributed by atoms with van der Waals surface area (Å²) < 4.78 is 0. The molecule has 0 fully saturated rings. The van der Waals surface area contributed by atoms with Crippen LogP contribution in [0.5, 0.6) is 0 Å². The van der Waals surface area contributed by atoms with Gasteiger partial charge in [-0.05, 0) is 35.1 Å². The van der Waals surface area contributed by atoms with Gasteiger partial charge in [0.15, 0.2) is 5.17 Å². The molecule has 0 unspecified atom stereocenters. The predicted octanol–water partition coefficient (Wildman–Crippen LogP) is 5.30. The van der Waals surface area contributed by atoms with Crippen molar-refractivity contribution in [1.29, 1.82) is 0 Å². The Morgan fingerprint density at radius 2 is 1.82 bits per heavy atom. The zero-order valence-electron chi connectivity index (χ0n) is 12.8. The molecule has 2 aromatic rings. The summed E-state index contributed by atoms with van der Waals surface area (Å²) >= 11 is 1.60. The third-order valence-electron chi connectivity index (χ3n) is 3.22. The highest BCUT2D eigenvalue weighted by Crippen LogP contribution is 2.19. The lowest BCUT2D eigenvalue weighted by molar-refractivity contribution is 1.07. The van der Waals surface area contributed by atoms with Crippen molar-refractivity contribution in [2.24, 2.45) is 4.99 Å². The fraction of sp³-hybridized carbons (Fsp3) is 0.105. The van der Waals surface area contributed by atoms with E-state index in [2.05, 4.69) is 41.7 Å². The SMILES string of the molecule is C=Cc1ccc(NC(=NCc2ccccc2)SC)cc1C=C. The van der Waals surface area contributed by atoms with Crippen LogP contribution in [0.15, 0.2) is 66.7 Å². The van der Waals surface area contributed by atoms with Gasteiger partial charge in [0.25, 0.3) is 0 Å². The Kier molecular flexibility index (Phi) is 6.04. The van der Waals surface area contributed by atoms with E-state index in [-0.39, 0.29) is 0 Å². The molecule has 0 atom stereocenters. The molecular weight excluding hydrogens is 288 g/mol. The van der Waals surface area contributed by atoms with Crippen molar-refractivity contribution in [2.75, 3.05) is 11.6 Å². The van der Waals surface area contributed by atoms with Gasteiger partial charge >= 0.3 is 0 Å². The molecule has 0 aliphatic rings. The molecule has 0 spiro atoms. The number of nitrogens with zero attached hydrogens (tertiary/aromatic N) is 1. The van der Waals surface area contributed by atoms with Crippen LogP contribution in [0.25, 0.3) is 12.2 Å². The molecule has 0 aliphatic heterocycles. The van der Waals surface area contributed by atoms with Gasteiger partial charge in [0, 0.05) is 5.69 Å². The van der Waals surface area contributed by atoms with E-state index < -0.39 is 0 Å². The maximum atomic E-state index is 4.63. The summed E-state index contributed by atoms with van der Waals surface area (Å²) in [7, 11) is 0. The van der Waals surface area contributed by atoms with Gasteiger partial charge in [0.05, 0.1) is 6.54 Å². The maximum Gasteiger partial charge on any atom is 0.161 e. The molecule has 0 amide bonds. The lowest BCUT2D eigenvalue weighted by Gasteiger charge is -2.10. The molecule has 2 aromatic carbocycles. The summed E-state index contributed by atoms with van der Waals surface area (Å²) in [6, 6.07) is 16.3. The molecule has 0 radical (unpaired) electrons. The molecule has 0 bridgehead atoms. The summed E-state index contributed by atoms with van der Waals surface area (Å²) in [6.07, 6.45) is 5.69. The largest absolute Gasteiger partial charge is 0.335 e. The van der Waals surface area contributed by atoms with E-state index in [4.69, 9.17) is 0 Å². The Morgan fingerprint density at radius 1 is 1.09 bits per heavy atom. The molecule has 0 aliphatic carbocycles. The summed E-state index contributed by atoms with van der Waals surface area (Å²) in [5.41, 5.74) is 4.34. The van der Waals surface area contributed by atoms with Crippen molar-refractivity contribution >= 4 is 34.8 Å². The Balaban J connectivity index is 2.12. The summed E-state index contributed by atoms with van der Waals surface area (Å²) in [5, 5.41) is 4.25. The number of benzene rings is 2. The first kappa shape index (κ1) is 16.1. The quantitative estimate of drug-likeness (QED) is 0.598. The zero-order chi connectivity index (χ0) is 15.8. The van der Waals surface area contributed by atoms with E-state index in [1.165, 1.54) is 5.56 Å². The highest BCUT2D eigenvalue weighted by Gasteiger charge is 2.02. The normalized spacial score (nSPS) is 11.0. The molecule has 1 N–H and O–H groups in total. The van der Waals surface area contributed by atoms with E-state index >= 15 is 0 Å². The van der Waals surface area contributed by atoms with Gasteiger partial charge in [0.2, 0.25) is 0 Å². The van der Waals surface area contributed by atoms with E-state index in [0.717, 1.165) is 22.0 Å². The number of aliphatic imine (C=N–C) groups is 1. The standard InChI is InChI=1S/C19H20N2S/c1-4-16-11-12-18(13-17(16)5-2)21-19(22-3)20-14-15-9-7-6-8-10-15/h4-13H,1-2,14H2,3H3,(H,20,21).